The molecule has 2 aromatic carbocycles. The van der Waals surface area contributed by atoms with Crippen molar-refractivity contribution in [2.45, 2.75) is 13.5 Å². The van der Waals surface area contributed by atoms with Gasteiger partial charge in [0.1, 0.15) is 23.3 Å². The molecular formula is C24H25N5O3. The number of piperazine rings is 1. The van der Waals surface area contributed by atoms with Crippen LogP contribution < -0.4 is 15.2 Å². The van der Waals surface area contributed by atoms with Gasteiger partial charge in [0.15, 0.2) is 0 Å². The van der Waals surface area contributed by atoms with Crippen LogP contribution in [0.5, 0.6) is 5.75 Å². The summed E-state index contributed by atoms with van der Waals surface area (Å²) in [5, 5.41) is 0.919. The molecule has 8 heteroatoms. The molecule has 8 nitrogen and oxygen atoms in total. The maximum Gasteiger partial charge on any atom is 0.278 e. The average molecular weight is 431 g/mol. The highest BCUT2D eigenvalue weighted by atomic mass is 16.5. The predicted octanol–water partition coefficient (Wildman–Crippen LogP) is 2.54. The minimum absolute atomic E-state index is 0.0230. The molecule has 2 aromatic heterocycles. The molecule has 32 heavy (non-hydrogen) atoms. The Hall–Kier alpha value is -3.81. The lowest BCUT2D eigenvalue weighted by molar-refractivity contribution is -0.132. The number of benzene rings is 2. The number of ether oxygens (including phenoxy) is 1. The van der Waals surface area contributed by atoms with E-state index in [9.17, 15) is 9.59 Å². The quantitative estimate of drug-likeness (QED) is 0.537. The molecule has 1 amide bonds. The van der Waals surface area contributed by atoms with Crippen LogP contribution in [-0.4, -0.2) is 58.6 Å². The number of aryl methyl sites for hydroxylation is 1. The Balaban J connectivity index is 1.32. The number of methoxy groups -OCH3 is 1. The number of anilines is 1. The van der Waals surface area contributed by atoms with E-state index in [4.69, 9.17) is 4.74 Å². The van der Waals surface area contributed by atoms with Crippen LogP contribution in [0.3, 0.4) is 0 Å². The summed E-state index contributed by atoms with van der Waals surface area (Å²) in [6.45, 7) is 4.58. The molecule has 5 rings (SSSR count). The van der Waals surface area contributed by atoms with Gasteiger partial charge < -0.3 is 19.5 Å². The molecule has 1 aliphatic rings. The molecule has 0 unspecified atom stereocenters. The zero-order valence-corrected chi connectivity index (χ0v) is 18.2. The van der Waals surface area contributed by atoms with Crippen molar-refractivity contribution in [2.24, 2.45) is 0 Å². The number of H-pyrrole nitrogens is 1. The van der Waals surface area contributed by atoms with E-state index in [1.807, 2.05) is 49.4 Å². The maximum absolute atomic E-state index is 13.0. The minimum Gasteiger partial charge on any atom is -0.495 e. The molecule has 3 heterocycles. The molecule has 0 aliphatic carbocycles. The fraction of sp³-hybridized carbons (Fsp3) is 0.292. The van der Waals surface area contributed by atoms with E-state index in [-0.39, 0.29) is 18.0 Å². The average Bonchev–Trinajstić information content (AvgIpc) is 3.19. The largest absolute Gasteiger partial charge is 0.495 e. The summed E-state index contributed by atoms with van der Waals surface area (Å²) in [5.74, 6) is 0.742. The van der Waals surface area contributed by atoms with Crippen LogP contribution in [0.25, 0.3) is 21.9 Å². The molecule has 0 bridgehead atoms. The summed E-state index contributed by atoms with van der Waals surface area (Å²) >= 11 is 0. The predicted molar refractivity (Wildman–Crippen MR) is 124 cm³/mol. The first-order chi connectivity index (χ1) is 15.5. The van der Waals surface area contributed by atoms with Gasteiger partial charge >= 0.3 is 0 Å². The lowest BCUT2D eigenvalue weighted by Gasteiger charge is -2.36. The number of carbonyl (C=O) groups is 1. The van der Waals surface area contributed by atoms with Crippen molar-refractivity contribution in [3.8, 4) is 5.75 Å². The Kier molecular flexibility index (Phi) is 5.05. The molecule has 0 saturated carbocycles. The van der Waals surface area contributed by atoms with Crippen molar-refractivity contribution in [3.63, 3.8) is 0 Å². The number of aromatic nitrogens is 3. The van der Waals surface area contributed by atoms with Crippen LogP contribution >= 0.6 is 0 Å². The molecule has 1 N–H and O–H groups in total. The lowest BCUT2D eigenvalue weighted by Crippen LogP contribution is -2.50. The second-order valence-electron chi connectivity index (χ2n) is 8.11. The van der Waals surface area contributed by atoms with Gasteiger partial charge in [-0.05, 0) is 31.2 Å². The number of rotatable bonds is 4. The highest BCUT2D eigenvalue weighted by Crippen LogP contribution is 2.28. The normalized spacial score (nSPS) is 14.3. The number of amides is 1. The van der Waals surface area contributed by atoms with Gasteiger partial charge in [0, 0.05) is 37.1 Å². The van der Waals surface area contributed by atoms with E-state index < -0.39 is 0 Å². The molecule has 1 saturated heterocycles. The highest BCUT2D eigenvalue weighted by molar-refractivity contribution is 6.04. The van der Waals surface area contributed by atoms with E-state index >= 15 is 0 Å². The minimum atomic E-state index is -0.232. The Morgan fingerprint density at radius 1 is 1.12 bits per heavy atom. The van der Waals surface area contributed by atoms with Crippen molar-refractivity contribution in [3.05, 3.63) is 64.7 Å². The Morgan fingerprint density at radius 3 is 2.69 bits per heavy atom. The molecule has 4 aromatic rings. The van der Waals surface area contributed by atoms with Crippen LogP contribution in [0.15, 0.2) is 53.6 Å². The van der Waals surface area contributed by atoms with Gasteiger partial charge in [-0.3, -0.25) is 14.2 Å². The van der Waals surface area contributed by atoms with Gasteiger partial charge in [0.2, 0.25) is 5.91 Å². The molecule has 1 aliphatic heterocycles. The summed E-state index contributed by atoms with van der Waals surface area (Å²) in [4.78, 5) is 37.6. The fourth-order valence-electron chi connectivity index (χ4n) is 4.35. The molecule has 0 radical (unpaired) electrons. The molecular weight excluding hydrogens is 406 g/mol. The van der Waals surface area contributed by atoms with Crippen LogP contribution in [0.2, 0.25) is 0 Å². The zero-order chi connectivity index (χ0) is 22.2. The van der Waals surface area contributed by atoms with Gasteiger partial charge in [0.05, 0.1) is 19.1 Å². The summed E-state index contributed by atoms with van der Waals surface area (Å²) in [6.07, 6.45) is 1.48. The molecule has 1 fully saturated rings. The molecule has 164 valence electrons. The fourth-order valence-corrected chi connectivity index (χ4v) is 4.35. The molecule has 0 spiro atoms. The standard InChI is InChI=1S/C24H25N5O3/c1-16-7-8-18-17(13-16)22-23(26-18)24(31)29(15-25-22)14-21(30)28-11-9-27(10-12-28)19-5-3-4-6-20(19)32-2/h3-8,13,15,26H,9-12,14H2,1-2H3. The van der Waals surface area contributed by atoms with Gasteiger partial charge in [-0.25, -0.2) is 4.98 Å². The summed E-state index contributed by atoms with van der Waals surface area (Å²) < 4.78 is 6.85. The van der Waals surface area contributed by atoms with Crippen molar-refractivity contribution in [1.82, 2.24) is 19.4 Å². The second-order valence-corrected chi connectivity index (χ2v) is 8.11. The van der Waals surface area contributed by atoms with Crippen LogP contribution in [-0.2, 0) is 11.3 Å². The Bertz CT molecular complexity index is 1370. The highest BCUT2D eigenvalue weighted by Gasteiger charge is 2.23. The topological polar surface area (TPSA) is 83.5 Å². The second kappa shape index (κ2) is 8.03. The number of aromatic amines is 1. The van der Waals surface area contributed by atoms with Crippen LogP contribution in [0.4, 0.5) is 5.69 Å². The number of nitrogens with one attached hydrogen (secondary N) is 1. The van der Waals surface area contributed by atoms with Crippen LogP contribution in [0.1, 0.15) is 5.56 Å². The van der Waals surface area contributed by atoms with Gasteiger partial charge in [0.25, 0.3) is 5.56 Å². The number of para-hydroxylation sites is 2. The Morgan fingerprint density at radius 2 is 1.91 bits per heavy atom. The Labute approximate surface area is 185 Å². The number of fused-ring (bicyclic) bond motifs is 3. The lowest BCUT2D eigenvalue weighted by atomic mass is 10.2. The van der Waals surface area contributed by atoms with Gasteiger partial charge in [-0.2, -0.15) is 0 Å². The molecule has 0 atom stereocenters. The van der Waals surface area contributed by atoms with E-state index in [2.05, 4.69) is 14.9 Å². The summed E-state index contributed by atoms with van der Waals surface area (Å²) in [5.41, 5.74) is 3.84. The number of hydrogen-bond donors (Lipinski definition) is 1. The smallest absolute Gasteiger partial charge is 0.278 e. The van der Waals surface area contributed by atoms with E-state index in [0.29, 0.717) is 37.2 Å². The first-order valence-corrected chi connectivity index (χ1v) is 10.7. The maximum atomic E-state index is 13.0. The van der Waals surface area contributed by atoms with Crippen molar-refractivity contribution in [1.29, 1.82) is 0 Å². The third-order valence-corrected chi connectivity index (χ3v) is 6.09. The summed E-state index contributed by atoms with van der Waals surface area (Å²) in [6, 6.07) is 13.8. The van der Waals surface area contributed by atoms with E-state index in [1.54, 1.807) is 12.0 Å². The van der Waals surface area contributed by atoms with Crippen molar-refractivity contribution >= 4 is 33.5 Å². The first-order valence-electron chi connectivity index (χ1n) is 10.7. The van der Waals surface area contributed by atoms with Crippen LogP contribution in [0, 0.1) is 6.92 Å². The monoisotopic (exact) mass is 431 g/mol. The van der Waals surface area contributed by atoms with Gasteiger partial charge in [-0.1, -0.05) is 23.8 Å². The zero-order valence-electron chi connectivity index (χ0n) is 18.2. The van der Waals surface area contributed by atoms with Crippen molar-refractivity contribution < 1.29 is 9.53 Å². The number of hydrogen-bond acceptors (Lipinski definition) is 5. The SMILES string of the molecule is COc1ccccc1N1CCN(C(=O)Cn2cnc3c([nH]c4ccc(C)cc43)c2=O)CC1. The van der Waals surface area contributed by atoms with E-state index in [0.717, 1.165) is 27.9 Å². The first kappa shape index (κ1) is 20.1. The number of nitrogens with zero attached hydrogens (tertiary/aromatic N) is 4. The third kappa shape index (κ3) is 3.47. The number of carbonyl (C=O) groups excluding carboxylic acids is 1. The van der Waals surface area contributed by atoms with Crippen molar-refractivity contribution in [2.75, 3.05) is 38.2 Å². The third-order valence-electron chi connectivity index (χ3n) is 6.09. The van der Waals surface area contributed by atoms with Gasteiger partial charge in [-0.15, -0.1) is 0 Å². The summed E-state index contributed by atoms with van der Waals surface area (Å²) in [7, 11) is 1.66. The van der Waals surface area contributed by atoms with E-state index in [1.165, 1.54) is 10.9 Å².